The van der Waals surface area contributed by atoms with Gasteiger partial charge in [0.05, 0.1) is 12.4 Å². The molecule has 0 amide bonds. The molecular weight excluding hydrogens is 154 g/mol. The van der Waals surface area contributed by atoms with E-state index in [4.69, 9.17) is 4.52 Å². The molecule has 4 nitrogen and oxygen atoms in total. The second kappa shape index (κ2) is 3.21. The van der Waals surface area contributed by atoms with E-state index in [-0.39, 0.29) is 0 Å². The van der Waals surface area contributed by atoms with Crippen molar-refractivity contribution in [3.63, 3.8) is 0 Å². The minimum atomic E-state index is 0.947. The van der Waals surface area contributed by atoms with Crippen molar-refractivity contribution in [2.45, 2.75) is 12.8 Å². The number of H-pyrrole nitrogens is 1. The minimum absolute atomic E-state index is 0.947. The van der Waals surface area contributed by atoms with E-state index in [1.54, 1.807) is 12.5 Å². The van der Waals surface area contributed by atoms with Gasteiger partial charge in [-0.2, -0.15) is 5.10 Å². The van der Waals surface area contributed by atoms with E-state index in [0.717, 1.165) is 18.4 Å². The maximum atomic E-state index is 4.71. The summed E-state index contributed by atoms with van der Waals surface area (Å²) in [4.78, 5) is 0. The van der Waals surface area contributed by atoms with Crippen LogP contribution in [0.4, 0.5) is 0 Å². The van der Waals surface area contributed by atoms with Gasteiger partial charge in [0.2, 0.25) is 0 Å². The number of rotatable bonds is 3. The van der Waals surface area contributed by atoms with Gasteiger partial charge in [-0.3, -0.25) is 5.10 Å². The molecule has 12 heavy (non-hydrogen) atoms. The lowest BCUT2D eigenvalue weighted by Crippen LogP contribution is -1.86. The first kappa shape index (κ1) is 7.09. The second-order valence-corrected chi connectivity index (χ2v) is 2.64. The zero-order chi connectivity index (χ0) is 8.23. The Bertz CT molecular complexity index is 278. The Morgan fingerprint density at radius 1 is 1.25 bits per heavy atom. The molecule has 0 saturated carbocycles. The molecule has 0 fully saturated rings. The summed E-state index contributed by atoms with van der Waals surface area (Å²) in [6, 6.07) is 0. The van der Waals surface area contributed by atoms with E-state index in [1.807, 2.05) is 12.4 Å². The lowest BCUT2D eigenvalue weighted by Gasteiger charge is -1.91. The first-order chi connectivity index (χ1) is 5.95. The van der Waals surface area contributed by atoms with Crippen LogP contribution in [0.1, 0.15) is 11.1 Å². The van der Waals surface area contributed by atoms with Crippen LogP contribution in [0.2, 0.25) is 0 Å². The van der Waals surface area contributed by atoms with Gasteiger partial charge in [0.25, 0.3) is 0 Å². The highest BCUT2D eigenvalue weighted by Gasteiger charge is 1.97. The molecule has 2 heterocycles. The topological polar surface area (TPSA) is 54.7 Å². The van der Waals surface area contributed by atoms with Crippen LogP contribution >= 0.6 is 0 Å². The monoisotopic (exact) mass is 163 g/mol. The van der Waals surface area contributed by atoms with Crippen LogP contribution in [0, 0.1) is 0 Å². The molecule has 0 bridgehead atoms. The molecule has 62 valence electrons. The van der Waals surface area contributed by atoms with Gasteiger partial charge in [-0.1, -0.05) is 5.16 Å². The van der Waals surface area contributed by atoms with Gasteiger partial charge in [-0.05, 0) is 18.4 Å². The SMILES string of the molecule is c1n[nH]cc1CCc1cnoc1. The van der Waals surface area contributed by atoms with E-state index in [1.165, 1.54) is 5.56 Å². The number of nitrogens with zero attached hydrogens (tertiary/aromatic N) is 2. The Kier molecular flexibility index (Phi) is 1.90. The van der Waals surface area contributed by atoms with E-state index < -0.39 is 0 Å². The van der Waals surface area contributed by atoms with Crippen LogP contribution in [-0.2, 0) is 12.8 Å². The fraction of sp³-hybridized carbons (Fsp3) is 0.250. The molecule has 1 N–H and O–H groups in total. The predicted octanol–water partition coefficient (Wildman–Crippen LogP) is 1.18. The number of nitrogens with one attached hydrogen (secondary N) is 1. The quantitative estimate of drug-likeness (QED) is 0.739. The maximum absolute atomic E-state index is 4.71. The van der Waals surface area contributed by atoms with E-state index in [2.05, 4.69) is 15.4 Å². The summed E-state index contributed by atoms with van der Waals surface area (Å²) in [5.41, 5.74) is 2.33. The highest BCUT2D eigenvalue weighted by Crippen LogP contribution is 2.03. The van der Waals surface area contributed by atoms with Crippen molar-refractivity contribution in [2.75, 3.05) is 0 Å². The Balaban J connectivity index is 1.91. The van der Waals surface area contributed by atoms with E-state index in [9.17, 15) is 0 Å². The molecule has 0 aliphatic rings. The third-order valence-corrected chi connectivity index (χ3v) is 1.74. The minimum Gasteiger partial charge on any atom is -0.364 e. The molecule has 2 rings (SSSR count). The van der Waals surface area contributed by atoms with Gasteiger partial charge in [0.15, 0.2) is 0 Å². The van der Waals surface area contributed by atoms with Gasteiger partial charge >= 0.3 is 0 Å². The van der Waals surface area contributed by atoms with Crippen LogP contribution in [0.3, 0.4) is 0 Å². The summed E-state index contributed by atoms with van der Waals surface area (Å²) >= 11 is 0. The summed E-state index contributed by atoms with van der Waals surface area (Å²) in [6.07, 6.45) is 9.04. The molecule has 2 aromatic heterocycles. The van der Waals surface area contributed by atoms with Crippen LogP contribution < -0.4 is 0 Å². The molecule has 4 heteroatoms. The summed E-state index contributed by atoms with van der Waals surface area (Å²) < 4.78 is 4.71. The number of aromatic nitrogens is 3. The fourth-order valence-electron chi connectivity index (χ4n) is 1.05. The number of hydrogen-bond acceptors (Lipinski definition) is 3. The molecule has 0 spiro atoms. The van der Waals surface area contributed by atoms with Gasteiger partial charge in [0.1, 0.15) is 6.26 Å². The molecule has 0 aliphatic heterocycles. The van der Waals surface area contributed by atoms with Crippen molar-refractivity contribution in [3.05, 3.63) is 36.0 Å². The molecule has 0 atom stereocenters. The van der Waals surface area contributed by atoms with Crippen LogP contribution in [-0.4, -0.2) is 15.4 Å². The number of aromatic amines is 1. The van der Waals surface area contributed by atoms with Gasteiger partial charge in [-0.25, -0.2) is 0 Å². The third-order valence-electron chi connectivity index (χ3n) is 1.74. The van der Waals surface area contributed by atoms with Crippen molar-refractivity contribution >= 4 is 0 Å². The normalized spacial score (nSPS) is 10.3. The summed E-state index contributed by atoms with van der Waals surface area (Å²) in [5.74, 6) is 0. The van der Waals surface area contributed by atoms with Crippen LogP contribution in [0.15, 0.2) is 29.4 Å². The Hall–Kier alpha value is -1.58. The van der Waals surface area contributed by atoms with Crippen LogP contribution in [0.5, 0.6) is 0 Å². The first-order valence-electron chi connectivity index (χ1n) is 3.81. The Labute approximate surface area is 69.6 Å². The zero-order valence-corrected chi connectivity index (χ0v) is 6.53. The molecule has 0 radical (unpaired) electrons. The lowest BCUT2D eigenvalue weighted by molar-refractivity contribution is 0.419. The average Bonchev–Trinajstić information content (AvgIpc) is 2.74. The summed E-state index contributed by atoms with van der Waals surface area (Å²) in [6.45, 7) is 0. The molecular formula is C8H9N3O. The molecule has 0 aliphatic carbocycles. The third kappa shape index (κ3) is 1.53. The van der Waals surface area contributed by atoms with Gasteiger partial charge in [-0.15, -0.1) is 0 Å². The van der Waals surface area contributed by atoms with Crippen molar-refractivity contribution in [1.82, 2.24) is 15.4 Å². The summed E-state index contributed by atoms with van der Waals surface area (Å²) in [5, 5.41) is 10.3. The predicted molar refractivity (Wildman–Crippen MR) is 42.5 cm³/mol. The molecule has 0 unspecified atom stereocenters. The highest BCUT2D eigenvalue weighted by atomic mass is 16.5. The second-order valence-electron chi connectivity index (χ2n) is 2.64. The van der Waals surface area contributed by atoms with Crippen molar-refractivity contribution in [3.8, 4) is 0 Å². The molecule has 0 saturated heterocycles. The Morgan fingerprint density at radius 3 is 2.83 bits per heavy atom. The fourth-order valence-corrected chi connectivity index (χ4v) is 1.05. The van der Waals surface area contributed by atoms with Crippen LogP contribution in [0.25, 0.3) is 0 Å². The molecule has 2 aromatic rings. The standard InChI is InChI=1S/C8H9N3O/c1(7-3-9-10-4-7)2-8-5-11-12-6-8/h3-6H,1-2H2,(H,9,10). The number of hydrogen-bond donors (Lipinski definition) is 1. The molecule has 0 aromatic carbocycles. The zero-order valence-electron chi connectivity index (χ0n) is 6.53. The van der Waals surface area contributed by atoms with Crippen molar-refractivity contribution < 1.29 is 4.52 Å². The largest absolute Gasteiger partial charge is 0.364 e. The van der Waals surface area contributed by atoms with E-state index in [0.29, 0.717) is 0 Å². The highest BCUT2D eigenvalue weighted by molar-refractivity contribution is 5.08. The Morgan fingerprint density at radius 2 is 2.17 bits per heavy atom. The van der Waals surface area contributed by atoms with Gasteiger partial charge < -0.3 is 4.52 Å². The average molecular weight is 163 g/mol. The smallest absolute Gasteiger partial charge is 0.126 e. The lowest BCUT2D eigenvalue weighted by atomic mass is 10.1. The first-order valence-corrected chi connectivity index (χ1v) is 3.81. The van der Waals surface area contributed by atoms with E-state index >= 15 is 0 Å². The van der Waals surface area contributed by atoms with Crippen molar-refractivity contribution in [1.29, 1.82) is 0 Å². The summed E-state index contributed by atoms with van der Waals surface area (Å²) in [7, 11) is 0. The maximum Gasteiger partial charge on any atom is 0.126 e. The number of aryl methyl sites for hydroxylation is 2. The van der Waals surface area contributed by atoms with Crippen molar-refractivity contribution in [2.24, 2.45) is 0 Å². The van der Waals surface area contributed by atoms with Gasteiger partial charge in [0, 0.05) is 11.8 Å².